The monoisotopic (exact) mass is 921 g/mol. The largest absolute Gasteiger partial charge is 0.462 e. The number of esters is 3. The van der Waals surface area contributed by atoms with Gasteiger partial charge in [-0.05, 0) is 135 Å². The Morgan fingerprint density at radius 2 is 0.597 bits per heavy atom. The van der Waals surface area contributed by atoms with Gasteiger partial charge in [0.15, 0.2) is 6.10 Å². The van der Waals surface area contributed by atoms with Gasteiger partial charge in [-0.1, -0.05) is 192 Å². The van der Waals surface area contributed by atoms with Crippen molar-refractivity contribution in [2.45, 2.75) is 194 Å². The Kier molecular flexibility index (Phi) is 49.7. The summed E-state index contributed by atoms with van der Waals surface area (Å²) in [5.74, 6) is -1.13. The van der Waals surface area contributed by atoms with E-state index in [0.29, 0.717) is 19.3 Å². The molecule has 0 saturated heterocycles. The second kappa shape index (κ2) is 53.6. The van der Waals surface area contributed by atoms with Crippen LogP contribution in [0.5, 0.6) is 0 Å². The summed E-state index contributed by atoms with van der Waals surface area (Å²) in [4.78, 5) is 38.0. The third kappa shape index (κ3) is 51.9. The summed E-state index contributed by atoms with van der Waals surface area (Å²) in [5, 5.41) is 0. The molecule has 0 aromatic heterocycles. The molecule has 0 unspecified atom stereocenters. The molecule has 1 atom stereocenters. The minimum atomic E-state index is -0.855. The Morgan fingerprint density at radius 3 is 0.940 bits per heavy atom. The van der Waals surface area contributed by atoms with E-state index >= 15 is 0 Å². The first-order chi connectivity index (χ1) is 33.0. The Labute approximate surface area is 409 Å². The average Bonchev–Trinajstić information content (AvgIpc) is 3.33. The van der Waals surface area contributed by atoms with E-state index in [1.165, 1.54) is 25.7 Å². The molecular weight excluding hydrogens is 829 g/mol. The van der Waals surface area contributed by atoms with Crippen molar-refractivity contribution in [1.82, 2.24) is 0 Å². The third-order valence-corrected chi connectivity index (χ3v) is 10.0. The number of rotatable bonds is 44. The van der Waals surface area contributed by atoms with Gasteiger partial charge in [0.25, 0.3) is 0 Å². The van der Waals surface area contributed by atoms with E-state index in [2.05, 4.69) is 167 Å². The first-order valence-corrected chi connectivity index (χ1v) is 26.0. The van der Waals surface area contributed by atoms with E-state index in [-0.39, 0.29) is 50.4 Å². The topological polar surface area (TPSA) is 78.9 Å². The number of carbonyl (C=O) groups is 3. The molecule has 0 aliphatic rings. The first-order valence-electron chi connectivity index (χ1n) is 26.0. The highest BCUT2D eigenvalue weighted by Gasteiger charge is 2.19. The van der Waals surface area contributed by atoms with E-state index in [1.807, 2.05) is 12.2 Å². The lowest BCUT2D eigenvalue weighted by atomic mass is 10.1. The summed E-state index contributed by atoms with van der Waals surface area (Å²) >= 11 is 0. The van der Waals surface area contributed by atoms with Gasteiger partial charge in [0.1, 0.15) is 13.2 Å². The quantitative estimate of drug-likeness (QED) is 0.0262. The van der Waals surface area contributed by atoms with Crippen LogP contribution < -0.4 is 0 Å². The van der Waals surface area contributed by atoms with Crippen molar-refractivity contribution in [3.05, 3.63) is 158 Å². The van der Waals surface area contributed by atoms with Gasteiger partial charge in [-0.15, -0.1) is 0 Å². The van der Waals surface area contributed by atoms with E-state index < -0.39 is 6.10 Å². The molecule has 0 aliphatic carbocycles. The fraction of sp³-hybridized carbons (Fsp3) is 0.525. The van der Waals surface area contributed by atoms with Crippen LogP contribution in [-0.4, -0.2) is 37.2 Å². The Balaban J connectivity index is 4.66. The molecule has 0 fully saturated rings. The molecular formula is C61H92O6. The van der Waals surface area contributed by atoms with Gasteiger partial charge in [0.05, 0.1) is 0 Å². The lowest BCUT2D eigenvalue weighted by molar-refractivity contribution is -0.166. The zero-order chi connectivity index (χ0) is 48.6. The highest BCUT2D eigenvalue weighted by atomic mass is 16.6. The summed E-state index contributed by atoms with van der Waals surface area (Å²) in [5.41, 5.74) is 0. The second-order valence-electron chi connectivity index (χ2n) is 16.3. The maximum atomic E-state index is 12.8. The molecule has 0 heterocycles. The number of hydrogen-bond donors (Lipinski definition) is 0. The summed E-state index contributed by atoms with van der Waals surface area (Å²) < 4.78 is 16.6. The van der Waals surface area contributed by atoms with Crippen LogP contribution in [0, 0.1) is 0 Å². The molecule has 6 nitrogen and oxygen atoms in total. The van der Waals surface area contributed by atoms with Gasteiger partial charge in [0, 0.05) is 19.3 Å². The van der Waals surface area contributed by atoms with Crippen molar-refractivity contribution in [2.75, 3.05) is 13.2 Å². The molecule has 0 radical (unpaired) electrons. The van der Waals surface area contributed by atoms with E-state index in [4.69, 9.17) is 14.2 Å². The van der Waals surface area contributed by atoms with Gasteiger partial charge in [-0.2, -0.15) is 0 Å². The van der Waals surface area contributed by atoms with Crippen LogP contribution in [0.2, 0.25) is 0 Å². The molecule has 0 N–H and O–H groups in total. The molecule has 6 heteroatoms. The van der Waals surface area contributed by atoms with Gasteiger partial charge >= 0.3 is 17.9 Å². The Morgan fingerprint density at radius 1 is 0.313 bits per heavy atom. The number of hydrogen-bond acceptors (Lipinski definition) is 6. The van der Waals surface area contributed by atoms with Gasteiger partial charge < -0.3 is 14.2 Å². The lowest BCUT2D eigenvalue weighted by Crippen LogP contribution is -2.30. The molecule has 372 valence electrons. The lowest BCUT2D eigenvalue weighted by Gasteiger charge is -2.18. The van der Waals surface area contributed by atoms with E-state index in [0.717, 1.165) is 103 Å². The standard InChI is InChI=1S/C61H92O6/c1-4-7-10-13-16-19-22-25-28-29-30-31-34-36-39-42-45-48-51-54-60(63)66-57-58(67-61(64)55-52-49-46-43-40-37-33-27-24-21-18-15-12-9-6-3)56-65-59(62)53-50-47-44-41-38-35-32-26-23-20-17-14-11-8-5-2/h8-9,11-12,16-21,25-28,30-33,36,38-41,43,45,48,58H,4-7,10,13-15,22-24,29,34-35,37,42,44,46-47,49-57H2,1-3H3/b11-8-,12-9-,19-16-,20-17-,21-18-,28-25-,31-30-,32-26-,33-27-,39-36-,41-38-,43-40-,48-45-/t58-/m1/s1. The number of ether oxygens (including phenoxy) is 3. The molecule has 0 saturated carbocycles. The van der Waals surface area contributed by atoms with Crippen molar-refractivity contribution in [2.24, 2.45) is 0 Å². The van der Waals surface area contributed by atoms with Crippen LogP contribution in [0.3, 0.4) is 0 Å². The molecule has 0 aromatic carbocycles. The zero-order valence-corrected chi connectivity index (χ0v) is 42.3. The number of allylic oxidation sites excluding steroid dienone is 26. The zero-order valence-electron chi connectivity index (χ0n) is 42.3. The summed E-state index contributed by atoms with van der Waals surface area (Å²) in [7, 11) is 0. The highest BCUT2D eigenvalue weighted by Crippen LogP contribution is 2.09. The number of carbonyl (C=O) groups excluding carboxylic acids is 3. The minimum absolute atomic E-state index is 0.147. The SMILES string of the molecule is CC/C=C\C/C=C\C/C=C\C/C=C\CCCCC(=O)OC[C@H](COC(=O)CC/C=C\C/C=C\C/C=C\C/C=C\C/C=C\CCCCC)OC(=O)CCCC/C=C\C/C=C\C/C=C\C/C=C\CC. The molecule has 0 aromatic rings. The normalized spacial score (nSPS) is 13.4. The predicted molar refractivity (Wildman–Crippen MR) is 288 cm³/mol. The summed E-state index contributed by atoms with van der Waals surface area (Å²) in [6, 6.07) is 0. The smallest absolute Gasteiger partial charge is 0.306 e. The van der Waals surface area contributed by atoms with Crippen LogP contribution >= 0.6 is 0 Å². The van der Waals surface area contributed by atoms with Gasteiger partial charge in [-0.25, -0.2) is 0 Å². The van der Waals surface area contributed by atoms with Crippen molar-refractivity contribution >= 4 is 17.9 Å². The van der Waals surface area contributed by atoms with Crippen molar-refractivity contribution in [3.8, 4) is 0 Å². The van der Waals surface area contributed by atoms with Crippen LogP contribution in [0.1, 0.15) is 188 Å². The van der Waals surface area contributed by atoms with Crippen molar-refractivity contribution < 1.29 is 28.6 Å². The van der Waals surface area contributed by atoms with Gasteiger partial charge in [0.2, 0.25) is 0 Å². The molecule has 0 aliphatic heterocycles. The van der Waals surface area contributed by atoms with Crippen LogP contribution in [0.15, 0.2) is 158 Å². The molecule has 0 bridgehead atoms. The molecule has 67 heavy (non-hydrogen) atoms. The van der Waals surface area contributed by atoms with Gasteiger partial charge in [-0.3, -0.25) is 14.4 Å². The summed E-state index contributed by atoms with van der Waals surface area (Å²) in [6.07, 6.45) is 78.1. The maximum Gasteiger partial charge on any atom is 0.306 e. The Hall–Kier alpha value is -4.97. The first kappa shape index (κ1) is 62.0. The second-order valence-corrected chi connectivity index (χ2v) is 16.3. The van der Waals surface area contributed by atoms with E-state index in [9.17, 15) is 14.4 Å². The van der Waals surface area contributed by atoms with Crippen molar-refractivity contribution in [1.29, 1.82) is 0 Å². The minimum Gasteiger partial charge on any atom is -0.462 e. The molecule has 0 amide bonds. The fourth-order valence-corrected chi connectivity index (χ4v) is 6.17. The molecule has 0 rings (SSSR count). The highest BCUT2D eigenvalue weighted by molar-refractivity contribution is 5.71. The Bertz CT molecular complexity index is 1570. The van der Waals surface area contributed by atoms with Crippen molar-refractivity contribution in [3.63, 3.8) is 0 Å². The average molecular weight is 921 g/mol. The fourth-order valence-electron chi connectivity index (χ4n) is 6.17. The van der Waals surface area contributed by atoms with Crippen LogP contribution in [-0.2, 0) is 28.6 Å². The van der Waals surface area contributed by atoms with Crippen LogP contribution in [0.25, 0.3) is 0 Å². The number of unbranched alkanes of at least 4 members (excludes halogenated alkanes) is 7. The molecule has 0 spiro atoms. The third-order valence-electron chi connectivity index (χ3n) is 10.0. The maximum absolute atomic E-state index is 12.8. The van der Waals surface area contributed by atoms with Crippen LogP contribution in [0.4, 0.5) is 0 Å². The summed E-state index contributed by atoms with van der Waals surface area (Å²) in [6.45, 7) is 6.21. The predicted octanol–water partition coefficient (Wildman–Crippen LogP) is 17.4. The van der Waals surface area contributed by atoms with E-state index in [1.54, 1.807) is 0 Å².